The normalized spacial score (nSPS) is 10.8. The van der Waals surface area contributed by atoms with Crippen molar-refractivity contribution in [2.45, 2.75) is 20.8 Å². The second-order valence-corrected chi connectivity index (χ2v) is 4.49. The molecular weight excluding hydrogens is 260 g/mol. The van der Waals surface area contributed by atoms with E-state index in [9.17, 15) is 9.90 Å². The monoisotopic (exact) mass is 280 g/mol. The SMILES string of the molecule is C.Cc1nc2c(O)cccn2c1C(=O)CC(CO)CO. The summed E-state index contributed by atoms with van der Waals surface area (Å²) in [6, 6.07) is 3.12. The molecule has 2 aromatic rings. The Balaban J connectivity index is 0.00000200. The Labute approximate surface area is 117 Å². The molecule has 6 nitrogen and oxygen atoms in total. The van der Waals surface area contributed by atoms with Gasteiger partial charge in [-0.3, -0.25) is 9.20 Å². The molecule has 0 atom stereocenters. The highest BCUT2D eigenvalue weighted by molar-refractivity contribution is 5.96. The van der Waals surface area contributed by atoms with Gasteiger partial charge < -0.3 is 15.3 Å². The van der Waals surface area contributed by atoms with Gasteiger partial charge in [0.2, 0.25) is 0 Å². The molecule has 0 aliphatic heterocycles. The van der Waals surface area contributed by atoms with Crippen LogP contribution in [0.2, 0.25) is 0 Å². The molecule has 0 fully saturated rings. The highest BCUT2D eigenvalue weighted by Crippen LogP contribution is 2.22. The van der Waals surface area contributed by atoms with Crippen LogP contribution < -0.4 is 0 Å². The van der Waals surface area contributed by atoms with Crippen LogP contribution >= 0.6 is 0 Å². The number of fused-ring (bicyclic) bond motifs is 1. The van der Waals surface area contributed by atoms with Crippen molar-refractivity contribution in [1.29, 1.82) is 0 Å². The van der Waals surface area contributed by atoms with Crippen LogP contribution in [0, 0.1) is 12.8 Å². The van der Waals surface area contributed by atoms with Gasteiger partial charge in [-0.15, -0.1) is 0 Å². The Hall–Kier alpha value is -1.92. The van der Waals surface area contributed by atoms with Gasteiger partial charge in [0.1, 0.15) is 5.69 Å². The standard InChI is InChI=1S/C13H16N2O4.CH4/c1-8-12(11(19)5-9(6-16)7-17)15-4-2-3-10(18)13(15)14-8;/h2-4,9,16-18H,5-7H2,1H3;1H4. The minimum Gasteiger partial charge on any atom is -0.504 e. The zero-order valence-corrected chi connectivity index (χ0v) is 10.6. The molecule has 0 saturated carbocycles. The van der Waals surface area contributed by atoms with E-state index in [2.05, 4.69) is 4.98 Å². The zero-order valence-electron chi connectivity index (χ0n) is 10.6. The summed E-state index contributed by atoms with van der Waals surface area (Å²) in [7, 11) is 0. The molecule has 2 aromatic heterocycles. The Morgan fingerprint density at radius 1 is 1.40 bits per heavy atom. The van der Waals surface area contributed by atoms with E-state index in [0.717, 1.165) is 0 Å². The van der Waals surface area contributed by atoms with Gasteiger partial charge in [-0.1, -0.05) is 7.43 Å². The Morgan fingerprint density at radius 2 is 2.05 bits per heavy atom. The van der Waals surface area contributed by atoms with Crippen LogP contribution in [0.25, 0.3) is 5.65 Å². The first-order valence-corrected chi connectivity index (χ1v) is 6.00. The summed E-state index contributed by atoms with van der Waals surface area (Å²) in [5.74, 6) is -0.691. The zero-order chi connectivity index (χ0) is 14.0. The summed E-state index contributed by atoms with van der Waals surface area (Å²) in [5.41, 5.74) is 1.21. The van der Waals surface area contributed by atoms with Gasteiger partial charge in [0.05, 0.1) is 5.69 Å². The second kappa shape index (κ2) is 6.49. The van der Waals surface area contributed by atoms with Crippen LogP contribution in [0.5, 0.6) is 5.75 Å². The van der Waals surface area contributed by atoms with Crippen LogP contribution in [0.4, 0.5) is 0 Å². The van der Waals surface area contributed by atoms with Crippen LogP contribution in [-0.4, -0.2) is 43.7 Å². The summed E-state index contributed by atoms with van der Waals surface area (Å²) in [6.45, 7) is 1.19. The van der Waals surface area contributed by atoms with Crippen LogP contribution in [-0.2, 0) is 0 Å². The van der Waals surface area contributed by atoms with Crippen molar-refractivity contribution in [2.24, 2.45) is 5.92 Å². The smallest absolute Gasteiger partial charge is 0.181 e. The van der Waals surface area contributed by atoms with E-state index in [0.29, 0.717) is 17.0 Å². The predicted molar refractivity (Wildman–Crippen MR) is 74.9 cm³/mol. The molecule has 2 rings (SSSR count). The van der Waals surface area contributed by atoms with Crippen LogP contribution in [0.3, 0.4) is 0 Å². The Kier molecular flexibility index (Phi) is 5.24. The number of aromatic nitrogens is 2. The minimum absolute atomic E-state index is 0. The quantitative estimate of drug-likeness (QED) is 0.714. The van der Waals surface area contributed by atoms with Crippen molar-refractivity contribution in [3.05, 3.63) is 29.7 Å². The van der Waals surface area contributed by atoms with E-state index in [1.54, 1.807) is 19.2 Å². The molecule has 6 heteroatoms. The number of hydrogen-bond acceptors (Lipinski definition) is 5. The number of aromatic hydroxyl groups is 1. The fraction of sp³-hybridized carbons (Fsp3) is 0.429. The van der Waals surface area contributed by atoms with E-state index in [1.807, 2.05) is 0 Å². The van der Waals surface area contributed by atoms with Crippen LogP contribution in [0.1, 0.15) is 30.0 Å². The van der Waals surface area contributed by atoms with Gasteiger partial charge in [-0.2, -0.15) is 0 Å². The topological polar surface area (TPSA) is 95.1 Å². The first-order valence-electron chi connectivity index (χ1n) is 6.00. The molecule has 0 aromatic carbocycles. The lowest BCUT2D eigenvalue weighted by Crippen LogP contribution is -2.17. The first kappa shape index (κ1) is 16.1. The van der Waals surface area contributed by atoms with E-state index in [4.69, 9.17) is 10.2 Å². The third-order valence-electron chi connectivity index (χ3n) is 3.06. The Morgan fingerprint density at radius 3 is 2.65 bits per heavy atom. The number of aliphatic hydroxyl groups is 2. The lowest BCUT2D eigenvalue weighted by atomic mass is 10.0. The summed E-state index contributed by atoms with van der Waals surface area (Å²) < 4.78 is 1.53. The molecule has 0 aliphatic rings. The maximum atomic E-state index is 12.2. The van der Waals surface area contributed by atoms with Gasteiger partial charge in [-0.05, 0) is 19.1 Å². The molecule has 3 N–H and O–H groups in total. The first-order chi connectivity index (χ1) is 9.08. The molecule has 0 spiro atoms. The van der Waals surface area contributed by atoms with Gasteiger partial charge in [0, 0.05) is 31.7 Å². The lowest BCUT2D eigenvalue weighted by molar-refractivity contribution is 0.0873. The molecular formula is C14H20N2O4. The molecule has 0 bridgehead atoms. The summed E-state index contributed by atoms with van der Waals surface area (Å²) in [5, 5.41) is 27.7. The van der Waals surface area contributed by atoms with Gasteiger partial charge in [-0.25, -0.2) is 4.98 Å². The van der Waals surface area contributed by atoms with E-state index >= 15 is 0 Å². The maximum Gasteiger partial charge on any atom is 0.181 e. The number of aryl methyl sites for hydroxylation is 1. The second-order valence-electron chi connectivity index (χ2n) is 4.49. The molecule has 110 valence electrons. The van der Waals surface area contributed by atoms with Crippen molar-refractivity contribution in [2.75, 3.05) is 13.2 Å². The van der Waals surface area contributed by atoms with Crippen molar-refractivity contribution < 1.29 is 20.1 Å². The third kappa shape index (κ3) is 2.81. The van der Waals surface area contributed by atoms with Crippen LogP contribution in [0.15, 0.2) is 18.3 Å². The van der Waals surface area contributed by atoms with E-state index in [1.165, 1.54) is 10.5 Å². The number of pyridine rings is 1. The number of aliphatic hydroxyl groups excluding tert-OH is 2. The minimum atomic E-state index is -0.477. The number of rotatable bonds is 5. The molecule has 20 heavy (non-hydrogen) atoms. The van der Waals surface area contributed by atoms with Crippen molar-refractivity contribution in [3.8, 4) is 5.75 Å². The average molecular weight is 280 g/mol. The maximum absolute atomic E-state index is 12.2. The number of carbonyl (C=O) groups excluding carboxylic acids is 1. The number of carbonyl (C=O) groups is 1. The predicted octanol–water partition coefficient (Wildman–Crippen LogP) is 1.16. The summed E-state index contributed by atoms with van der Waals surface area (Å²) >= 11 is 0. The number of hydrogen-bond donors (Lipinski definition) is 3. The molecule has 0 radical (unpaired) electrons. The molecule has 0 saturated heterocycles. The molecule has 0 unspecified atom stereocenters. The summed E-state index contributed by atoms with van der Waals surface area (Å²) in [4.78, 5) is 16.4. The number of nitrogens with zero attached hydrogens (tertiary/aromatic N) is 2. The van der Waals surface area contributed by atoms with Crippen molar-refractivity contribution in [1.82, 2.24) is 9.38 Å². The average Bonchev–Trinajstić information content (AvgIpc) is 2.73. The van der Waals surface area contributed by atoms with Crippen molar-refractivity contribution in [3.63, 3.8) is 0 Å². The third-order valence-corrected chi connectivity index (χ3v) is 3.06. The fourth-order valence-corrected chi connectivity index (χ4v) is 2.05. The number of Topliss-reactive ketones (excluding diaryl/α,β-unsaturated/α-hetero) is 1. The lowest BCUT2D eigenvalue weighted by Gasteiger charge is -2.09. The molecule has 2 heterocycles. The Bertz CT molecular complexity index is 602. The molecule has 0 aliphatic carbocycles. The highest BCUT2D eigenvalue weighted by Gasteiger charge is 2.21. The highest BCUT2D eigenvalue weighted by atomic mass is 16.3. The van der Waals surface area contributed by atoms with E-state index in [-0.39, 0.29) is 38.6 Å². The number of imidazole rings is 1. The van der Waals surface area contributed by atoms with E-state index < -0.39 is 5.92 Å². The summed E-state index contributed by atoms with van der Waals surface area (Å²) in [6.07, 6.45) is 1.69. The largest absolute Gasteiger partial charge is 0.504 e. The fourth-order valence-electron chi connectivity index (χ4n) is 2.05. The van der Waals surface area contributed by atoms with Gasteiger partial charge in [0.25, 0.3) is 0 Å². The van der Waals surface area contributed by atoms with Crippen molar-refractivity contribution >= 4 is 11.4 Å². The van der Waals surface area contributed by atoms with Gasteiger partial charge >= 0.3 is 0 Å². The molecule has 0 amide bonds. The number of ketones is 1. The van der Waals surface area contributed by atoms with Gasteiger partial charge in [0.15, 0.2) is 17.2 Å².